The molecule has 2 heterocycles. The molecule has 3 aromatic rings. The summed E-state index contributed by atoms with van der Waals surface area (Å²) >= 11 is 7.15. The molecule has 0 saturated carbocycles. The third-order valence-corrected chi connectivity index (χ3v) is 3.25. The van der Waals surface area contributed by atoms with E-state index in [-0.39, 0.29) is 5.02 Å². The maximum Gasteiger partial charge on any atom is 0.254 e. The quantitative estimate of drug-likeness (QED) is 0.805. The second-order valence-corrected chi connectivity index (χ2v) is 4.78. The third kappa shape index (κ3) is 2.40. The first-order valence-corrected chi connectivity index (χ1v) is 6.40. The second kappa shape index (κ2) is 4.90. The number of rotatable bonds is 3. The number of halogens is 2. The zero-order valence-electron chi connectivity index (χ0n) is 9.29. The molecule has 2 aromatic heterocycles. The number of tetrazole rings is 1. The average molecular weight is 297 g/mol. The van der Waals surface area contributed by atoms with E-state index in [0.717, 1.165) is 0 Å². The second-order valence-electron chi connectivity index (χ2n) is 3.47. The molecule has 0 bridgehead atoms. The van der Waals surface area contributed by atoms with Crippen LogP contribution >= 0.6 is 22.9 Å². The molecule has 1 N–H and O–H groups in total. The van der Waals surface area contributed by atoms with Gasteiger partial charge in [0, 0.05) is 11.6 Å². The van der Waals surface area contributed by atoms with Crippen molar-refractivity contribution in [3.63, 3.8) is 0 Å². The lowest BCUT2D eigenvalue weighted by molar-refractivity contribution is 0.627. The van der Waals surface area contributed by atoms with Crippen molar-refractivity contribution in [2.45, 2.75) is 0 Å². The third-order valence-electron chi connectivity index (χ3n) is 2.27. The van der Waals surface area contributed by atoms with Gasteiger partial charge in [0.25, 0.3) is 5.95 Å². The van der Waals surface area contributed by atoms with Crippen LogP contribution in [0.15, 0.2) is 29.8 Å². The monoisotopic (exact) mass is 296 g/mol. The number of hydrogen-bond donors (Lipinski definition) is 1. The fourth-order valence-corrected chi connectivity index (χ4v) is 2.13. The minimum Gasteiger partial charge on any atom is -0.299 e. The molecular formula is C10H6ClFN6S. The molecule has 19 heavy (non-hydrogen) atoms. The van der Waals surface area contributed by atoms with E-state index in [1.807, 2.05) is 5.38 Å². The summed E-state index contributed by atoms with van der Waals surface area (Å²) in [5.74, 6) is -0.120. The molecule has 9 heteroatoms. The van der Waals surface area contributed by atoms with Crippen LogP contribution in [0, 0.1) is 5.82 Å². The van der Waals surface area contributed by atoms with E-state index in [4.69, 9.17) is 11.6 Å². The van der Waals surface area contributed by atoms with Gasteiger partial charge in [0.2, 0.25) is 0 Å². The van der Waals surface area contributed by atoms with Crippen molar-refractivity contribution in [2.75, 3.05) is 5.32 Å². The summed E-state index contributed by atoms with van der Waals surface area (Å²) in [6.07, 6.45) is 1.66. The van der Waals surface area contributed by atoms with Crippen LogP contribution in [0.25, 0.3) is 5.69 Å². The molecule has 0 fully saturated rings. The highest BCUT2D eigenvalue weighted by atomic mass is 35.5. The maximum absolute atomic E-state index is 13.1. The molecule has 6 nitrogen and oxygen atoms in total. The van der Waals surface area contributed by atoms with Gasteiger partial charge in [-0.15, -0.1) is 11.3 Å². The summed E-state index contributed by atoms with van der Waals surface area (Å²) in [6.45, 7) is 0. The Balaban J connectivity index is 1.97. The first-order chi connectivity index (χ1) is 9.24. The first kappa shape index (κ1) is 12.0. The van der Waals surface area contributed by atoms with Gasteiger partial charge in [-0.05, 0) is 28.6 Å². The Labute approximate surface area is 115 Å². The summed E-state index contributed by atoms with van der Waals surface area (Å²) < 4.78 is 14.5. The van der Waals surface area contributed by atoms with E-state index in [1.165, 1.54) is 34.2 Å². The lowest BCUT2D eigenvalue weighted by Crippen LogP contribution is -2.03. The lowest BCUT2D eigenvalue weighted by Gasteiger charge is -2.05. The summed E-state index contributed by atoms with van der Waals surface area (Å²) in [5.41, 5.74) is 0.551. The zero-order valence-corrected chi connectivity index (χ0v) is 10.9. The van der Waals surface area contributed by atoms with Gasteiger partial charge < -0.3 is 0 Å². The summed E-state index contributed by atoms with van der Waals surface area (Å²) in [7, 11) is 0. The van der Waals surface area contributed by atoms with E-state index < -0.39 is 5.82 Å². The van der Waals surface area contributed by atoms with Crippen LogP contribution in [0.3, 0.4) is 0 Å². The van der Waals surface area contributed by atoms with Crippen molar-refractivity contribution in [1.82, 2.24) is 25.2 Å². The Bertz CT molecular complexity index is 698. The van der Waals surface area contributed by atoms with Gasteiger partial charge in [-0.2, -0.15) is 4.68 Å². The van der Waals surface area contributed by atoms with Crippen molar-refractivity contribution >= 4 is 34.0 Å². The molecule has 3 rings (SSSR count). The van der Waals surface area contributed by atoms with Gasteiger partial charge in [0.1, 0.15) is 5.82 Å². The minimum atomic E-state index is -0.493. The largest absolute Gasteiger partial charge is 0.299 e. The Morgan fingerprint density at radius 2 is 2.26 bits per heavy atom. The minimum absolute atomic E-state index is 0.00759. The van der Waals surface area contributed by atoms with E-state index in [9.17, 15) is 4.39 Å². The number of benzene rings is 1. The number of thiazole rings is 1. The van der Waals surface area contributed by atoms with Gasteiger partial charge in [-0.3, -0.25) is 5.32 Å². The molecule has 0 spiro atoms. The Kier molecular flexibility index (Phi) is 3.10. The van der Waals surface area contributed by atoms with Gasteiger partial charge in [0.15, 0.2) is 5.13 Å². The molecule has 0 aliphatic rings. The fraction of sp³-hybridized carbons (Fsp3) is 0. The summed E-state index contributed by atoms with van der Waals surface area (Å²) in [6, 6.07) is 4.23. The highest BCUT2D eigenvalue weighted by molar-refractivity contribution is 7.13. The number of hydrogen-bond acceptors (Lipinski definition) is 6. The number of aromatic nitrogens is 5. The van der Waals surface area contributed by atoms with Gasteiger partial charge in [-0.1, -0.05) is 16.7 Å². The van der Waals surface area contributed by atoms with Crippen LogP contribution in [0.1, 0.15) is 0 Å². The SMILES string of the molecule is Fc1ccc(-n2nnnc2Nc2nccs2)cc1Cl. The van der Waals surface area contributed by atoms with Crippen molar-refractivity contribution in [3.8, 4) is 5.69 Å². The van der Waals surface area contributed by atoms with Crippen molar-refractivity contribution < 1.29 is 4.39 Å². The molecule has 0 aliphatic carbocycles. The number of anilines is 2. The fourth-order valence-electron chi connectivity index (χ4n) is 1.44. The summed E-state index contributed by atoms with van der Waals surface area (Å²) in [5, 5.41) is 16.7. The van der Waals surface area contributed by atoms with E-state index >= 15 is 0 Å². The molecule has 0 saturated heterocycles. The van der Waals surface area contributed by atoms with Gasteiger partial charge >= 0.3 is 0 Å². The molecule has 0 radical (unpaired) electrons. The highest BCUT2D eigenvalue weighted by Gasteiger charge is 2.11. The van der Waals surface area contributed by atoms with Gasteiger partial charge in [-0.25, -0.2) is 9.37 Å². The van der Waals surface area contributed by atoms with Crippen LogP contribution in [0.5, 0.6) is 0 Å². The van der Waals surface area contributed by atoms with Crippen LogP contribution in [-0.4, -0.2) is 25.2 Å². The predicted molar refractivity (Wildman–Crippen MR) is 69.5 cm³/mol. The maximum atomic E-state index is 13.1. The van der Waals surface area contributed by atoms with Crippen molar-refractivity contribution in [1.29, 1.82) is 0 Å². The van der Waals surface area contributed by atoms with Crippen LogP contribution < -0.4 is 5.32 Å². The van der Waals surface area contributed by atoms with E-state index in [0.29, 0.717) is 16.8 Å². The molecule has 0 unspecified atom stereocenters. The number of nitrogens with zero attached hydrogens (tertiary/aromatic N) is 5. The molecular weight excluding hydrogens is 291 g/mol. The van der Waals surface area contributed by atoms with Crippen LogP contribution in [0.2, 0.25) is 5.02 Å². The normalized spacial score (nSPS) is 10.6. The summed E-state index contributed by atoms with van der Waals surface area (Å²) in [4.78, 5) is 4.07. The lowest BCUT2D eigenvalue weighted by atomic mass is 10.3. The zero-order chi connectivity index (χ0) is 13.2. The van der Waals surface area contributed by atoms with Crippen LogP contribution in [0.4, 0.5) is 15.5 Å². The van der Waals surface area contributed by atoms with Crippen LogP contribution in [-0.2, 0) is 0 Å². The average Bonchev–Trinajstić information content (AvgIpc) is 3.05. The molecule has 96 valence electrons. The Morgan fingerprint density at radius 1 is 1.37 bits per heavy atom. The smallest absolute Gasteiger partial charge is 0.254 e. The Morgan fingerprint density at radius 3 is 3.00 bits per heavy atom. The van der Waals surface area contributed by atoms with Crippen molar-refractivity contribution in [2.24, 2.45) is 0 Å². The molecule has 0 atom stereocenters. The first-order valence-electron chi connectivity index (χ1n) is 5.14. The standard InChI is InChI=1S/C10H6ClFN6S/c11-7-5-6(1-2-8(7)12)18-9(15-16-17-18)14-10-13-3-4-19-10/h1-5H,(H,13,14,15,17). The van der Waals surface area contributed by atoms with E-state index in [1.54, 1.807) is 6.20 Å². The van der Waals surface area contributed by atoms with Gasteiger partial charge in [0.05, 0.1) is 10.7 Å². The predicted octanol–water partition coefficient (Wildman–Crippen LogP) is 2.65. The van der Waals surface area contributed by atoms with E-state index in [2.05, 4.69) is 25.8 Å². The number of nitrogens with one attached hydrogen (secondary N) is 1. The topological polar surface area (TPSA) is 68.5 Å². The highest BCUT2D eigenvalue weighted by Crippen LogP contribution is 2.22. The Hall–Kier alpha value is -2.06. The molecule has 1 aromatic carbocycles. The van der Waals surface area contributed by atoms with Crippen molar-refractivity contribution in [3.05, 3.63) is 40.6 Å². The molecule has 0 aliphatic heterocycles. The molecule has 0 amide bonds.